The molecule has 1 atom stereocenters. The Morgan fingerprint density at radius 3 is 2.35 bits per heavy atom. The molecule has 0 spiro atoms. The first-order valence-electron chi connectivity index (χ1n) is 10.0. The van der Waals surface area contributed by atoms with Crippen molar-refractivity contribution in [2.45, 2.75) is 6.04 Å². The van der Waals surface area contributed by atoms with Crippen LogP contribution < -0.4 is 10.2 Å². The number of hydrogen-bond donors (Lipinski definition) is 1. The Balaban J connectivity index is 1.41. The number of amides is 1. The van der Waals surface area contributed by atoms with E-state index < -0.39 is 17.5 Å². The summed E-state index contributed by atoms with van der Waals surface area (Å²) in [6.07, 6.45) is 1.58. The van der Waals surface area contributed by atoms with E-state index in [1.807, 2.05) is 6.07 Å². The molecule has 1 saturated heterocycles. The predicted molar refractivity (Wildman–Crippen MR) is 110 cm³/mol. The number of furan rings is 1. The number of nitrogens with one attached hydrogen (secondary N) is 1. The van der Waals surface area contributed by atoms with Gasteiger partial charge in [-0.15, -0.1) is 0 Å². The molecule has 2 aromatic carbocycles. The molecule has 1 N–H and O–H groups in total. The summed E-state index contributed by atoms with van der Waals surface area (Å²) >= 11 is 0. The highest BCUT2D eigenvalue weighted by molar-refractivity contribution is 5.94. The fraction of sp³-hybridized carbons (Fsp3) is 0.261. The number of hydrogen-bond acceptors (Lipinski definition) is 4. The van der Waals surface area contributed by atoms with Crippen LogP contribution in [0.4, 0.5) is 18.9 Å². The Kier molecular flexibility index (Phi) is 6.27. The van der Waals surface area contributed by atoms with Crippen molar-refractivity contribution in [1.29, 1.82) is 0 Å². The summed E-state index contributed by atoms with van der Waals surface area (Å²) in [5.74, 6) is -2.10. The van der Waals surface area contributed by atoms with Gasteiger partial charge < -0.3 is 14.6 Å². The predicted octanol–water partition coefficient (Wildman–Crippen LogP) is 3.99. The molecule has 3 aromatic rings. The Labute approximate surface area is 178 Å². The Morgan fingerprint density at radius 2 is 1.71 bits per heavy atom. The lowest BCUT2D eigenvalue weighted by Gasteiger charge is -2.39. The minimum Gasteiger partial charge on any atom is -0.468 e. The second-order valence-corrected chi connectivity index (χ2v) is 7.37. The molecular weight excluding hydrogens is 407 g/mol. The van der Waals surface area contributed by atoms with Crippen LogP contribution in [0.3, 0.4) is 0 Å². The molecule has 0 bridgehead atoms. The zero-order valence-electron chi connectivity index (χ0n) is 16.7. The van der Waals surface area contributed by atoms with Crippen molar-refractivity contribution in [3.63, 3.8) is 0 Å². The lowest BCUT2D eigenvalue weighted by atomic mass is 10.1. The van der Waals surface area contributed by atoms with Crippen LogP contribution in [-0.4, -0.2) is 43.5 Å². The van der Waals surface area contributed by atoms with Gasteiger partial charge in [-0.2, -0.15) is 0 Å². The lowest BCUT2D eigenvalue weighted by Crippen LogP contribution is -2.49. The average Bonchev–Trinajstić information content (AvgIpc) is 3.31. The van der Waals surface area contributed by atoms with Crippen LogP contribution in [0.5, 0.6) is 0 Å². The van der Waals surface area contributed by atoms with E-state index in [0.717, 1.165) is 30.9 Å². The molecular formula is C23H22F3N3O2. The van der Waals surface area contributed by atoms with Gasteiger partial charge in [0.05, 0.1) is 12.3 Å². The summed E-state index contributed by atoms with van der Waals surface area (Å²) < 4.78 is 45.3. The number of piperazine rings is 1. The third-order valence-corrected chi connectivity index (χ3v) is 5.46. The second kappa shape index (κ2) is 9.26. The zero-order chi connectivity index (χ0) is 21.8. The van der Waals surface area contributed by atoms with Gasteiger partial charge in [0, 0.05) is 44.0 Å². The highest BCUT2D eigenvalue weighted by Gasteiger charge is 2.27. The first-order chi connectivity index (χ1) is 15.0. The van der Waals surface area contributed by atoms with E-state index in [2.05, 4.69) is 15.1 Å². The fourth-order valence-electron chi connectivity index (χ4n) is 3.76. The van der Waals surface area contributed by atoms with Crippen LogP contribution in [0.15, 0.2) is 65.3 Å². The fourth-order valence-corrected chi connectivity index (χ4v) is 3.76. The van der Waals surface area contributed by atoms with Gasteiger partial charge >= 0.3 is 0 Å². The van der Waals surface area contributed by atoms with Crippen molar-refractivity contribution >= 4 is 11.6 Å². The monoisotopic (exact) mass is 429 g/mol. The van der Waals surface area contributed by atoms with Gasteiger partial charge in [-0.3, -0.25) is 9.69 Å². The molecule has 1 amide bonds. The molecule has 162 valence electrons. The molecule has 1 fully saturated rings. The lowest BCUT2D eigenvalue weighted by molar-refractivity contribution is 0.0922. The molecule has 0 unspecified atom stereocenters. The molecule has 8 heteroatoms. The standard InChI is InChI=1S/C23H22F3N3O2/c24-17-4-6-18(7-5-17)28-9-11-29(12-10-28)21(22-2-1-13-31-22)15-27-23(30)16-3-8-19(25)20(26)14-16/h1-8,13-14,21H,9-12,15H2,(H,27,30)/t21-/m0/s1. The van der Waals surface area contributed by atoms with Crippen LogP contribution in [0.25, 0.3) is 0 Å². The average molecular weight is 429 g/mol. The van der Waals surface area contributed by atoms with Crippen molar-refractivity contribution in [3.8, 4) is 0 Å². The summed E-state index contributed by atoms with van der Waals surface area (Å²) in [7, 11) is 0. The molecule has 4 rings (SSSR count). The van der Waals surface area contributed by atoms with Gasteiger partial charge in [-0.25, -0.2) is 13.2 Å². The summed E-state index contributed by atoms with van der Waals surface area (Å²) in [5, 5.41) is 2.80. The van der Waals surface area contributed by atoms with Crippen molar-refractivity contribution in [3.05, 3.63) is 89.6 Å². The van der Waals surface area contributed by atoms with E-state index >= 15 is 0 Å². The number of rotatable bonds is 6. The third kappa shape index (κ3) is 4.91. The number of benzene rings is 2. The molecule has 1 aromatic heterocycles. The van der Waals surface area contributed by atoms with E-state index in [-0.39, 0.29) is 24.0 Å². The number of halogens is 3. The first-order valence-corrected chi connectivity index (χ1v) is 10.0. The van der Waals surface area contributed by atoms with Crippen LogP contribution in [0.1, 0.15) is 22.2 Å². The smallest absolute Gasteiger partial charge is 0.251 e. The van der Waals surface area contributed by atoms with Crippen LogP contribution >= 0.6 is 0 Å². The number of carbonyl (C=O) groups excluding carboxylic acids is 1. The molecule has 5 nitrogen and oxygen atoms in total. The maximum atomic E-state index is 13.4. The number of carbonyl (C=O) groups is 1. The zero-order valence-corrected chi connectivity index (χ0v) is 16.7. The van der Waals surface area contributed by atoms with Gasteiger partial charge in [-0.05, 0) is 54.6 Å². The topological polar surface area (TPSA) is 48.7 Å². The van der Waals surface area contributed by atoms with Crippen LogP contribution in [0.2, 0.25) is 0 Å². The summed E-state index contributed by atoms with van der Waals surface area (Å²) in [6, 6.07) is 12.9. The maximum absolute atomic E-state index is 13.4. The van der Waals surface area contributed by atoms with E-state index in [4.69, 9.17) is 4.42 Å². The Hall–Kier alpha value is -3.26. The van der Waals surface area contributed by atoms with E-state index in [9.17, 15) is 18.0 Å². The SMILES string of the molecule is O=C(NC[C@@H](c1ccco1)N1CCN(c2ccc(F)cc2)CC1)c1ccc(F)c(F)c1. The highest BCUT2D eigenvalue weighted by Crippen LogP contribution is 2.24. The quantitative estimate of drug-likeness (QED) is 0.644. The molecule has 2 heterocycles. The Morgan fingerprint density at radius 1 is 0.968 bits per heavy atom. The molecule has 0 radical (unpaired) electrons. The molecule has 31 heavy (non-hydrogen) atoms. The van der Waals surface area contributed by atoms with Crippen LogP contribution in [-0.2, 0) is 0 Å². The van der Waals surface area contributed by atoms with E-state index in [1.165, 1.54) is 18.2 Å². The largest absolute Gasteiger partial charge is 0.468 e. The van der Waals surface area contributed by atoms with Gasteiger partial charge in [0.15, 0.2) is 11.6 Å². The van der Waals surface area contributed by atoms with E-state index in [1.54, 1.807) is 24.5 Å². The normalized spacial score (nSPS) is 15.6. The highest BCUT2D eigenvalue weighted by atomic mass is 19.2. The molecule has 0 aliphatic carbocycles. The molecule has 1 aliphatic heterocycles. The third-order valence-electron chi connectivity index (χ3n) is 5.46. The van der Waals surface area contributed by atoms with Crippen LogP contribution in [0, 0.1) is 17.5 Å². The summed E-state index contributed by atoms with van der Waals surface area (Å²) in [5.41, 5.74) is 1.01. The van der Waals surface area contributed by atoms with Gasteiger partial charge in [0.2, 0.25) is 0 Å². The number of nitrogens with zero attached hydrogens (tertiary/aromatic N) is 2. The number of anilines is 1. The minimum atomic E-state index is -1.06. The van der Waals surface area contributed by atoms with Crippen molar-refractivity contribution in [2.75, 3.05) is 37.6 Å². The second-order valence-electron chi connectivity index (χ2n) is 7.37. The first kappa shape index (κ1) is 21.0. The van der Waals surface area contributed by atoms with E-state index in [0.29, 0.717) is 18.8 Å². The van der Waals surface area contributed by atoms with Crippen molar-refractivity contribution in [2.24, 2.45) is 0 Å². The molecule has 0 saturated carbocycles. The van der Waals surface area contributed by atoms with Crippen molar-refractivity contribution in [1.82, 2.24) is 10.2 Å². The maximum Gasteiger partial charge on any atom is 0.251 e. The summed E-state index contributed by atoms with van der Waals surface area (Å²) in [4.78, 5) is 16.8. The summed E-state index contributed by atoms with van der Waals surface area (Å²) in [6.45, 7) is 3.15. The molecule has 1 aliphatic rings. The van der Waals surface area contributed by atoms with Crippen molar-refractivity contribution < 1.29 is 22.4 Å². The Bertz CT molecular complexity index is 1020. The van der Waals surface area contributed by atoms with Gasteiger partial charge in [-0.1, -0.05) is 0 Å². The minimum absolute atomic E-state index is 0.0539. The van der Waals surface area contributed by atoms with Gasteiger partial charge in [0.1, 0.15) is 11.6 Å². The van der Waals surface area contributed by atoms with Gasteiger partial charge in [0.25, 0.3) is 5.91 Å².